The number of hydrogen-bond acceptors (Lipinski definition) is 9. The second-order valence-electron chi connectivity index (χ2n) is 8.92. The van der Waals surface area contributed by atoms with Gasteiger partial charge in [0.15, 0.2) is 5.82 Å². The molecule has 4 rings (SSSR count). The maximum absolute atomic E-state index is 15.7. The Morgan fingerprint density at radius 3 is 2.76 bits per heavy atom. The molecule has 0 spiro atoms. The van der Waals surface area contributed by atoms with E-state index in [2.05, 4.69) is 30.1 Å². The van der Waals surface area contributed by atoms with Gasteiger partial charge in [0, 0.05) is 35.3 Å². The Bertz CT molecular complexity index is 1430. The predicted molar refractivity (Wildman–Crippen MR) is 147 cm³/mol. The molecule has 0 aliphatic heterocycles. The Morgan fingerprint density at radius 2 is 2.08 bits per heavy atom. The average Bonchev–Trinajstić information content (AvgIpc) is 3.63. The molecule has 1 saturated carbocycles. The molecule has 2 aromatic heterocycles. The summed E-state index contributed by atoms with van der Waals surface area (Å²) in [7, 11) is -2.45. The molecule has 38 heavy (non-hydrogen) atoms. The molecular formula is C24H28ClFN6O4S2. The van der Waals surface area contributed by atoms with Gasteiger partial charge >= 0.3 is 6.09 Å². The third-order valence-electron chi connectivity index (χ3n) is 5.61. The number of amides is 1. The summed E-state index contributed by atoms with van der Waals surface area (Å²) >= 11 is 7.71. The number of sulfonamides is 1. The fraction of sp³-hybridized carbons (Fsp3) is 0.417. The summed E-state index contributed by atoms with van der Waals surface area (Å²) < 4.78 is 47.3. The van der Waals surface area contributed by atoms with Crippen molar-refractivity contribution < 1.29 is 22.3 Å². The fourth-order valence-electron chi connectivity index (χ4n) is 3.65. The van der Waals surface area contributed by atoms with Crippen LogP contribution in [0.5, 0.6) is 0 Å². The van der Waals surface area contributed by atoms with E-state index in [9.17, 15) is 13.2 Å². The second kappa shape index (κ2) is 11.8. The van der Waals surface area contributed by atoms with Crippen LogP contribution in [0.15, 0.2) is 24.4 Å². The van der Waals surface area contributed by atoms with Gasteiger partial charge in [0.05, 0.1) is 39.8 Å². The average molecular weight is 583 g/mol. The molecule has 0 saturated heterocycles. The zero-order chi connectivity index (χ0) is 27.4. The number of anilines is 2. The maximum atomic E-state index is 15.7. The molecular weight excluding hydrogens is 555 g/mol. The Labute approximate surface area is 229 Å². The van der Waals surface area contributed by atoms with E-state index >= 15 is 4.39 Å². The minimum absolute atomic E-state index is 0.0777. The lowest BCUT2D eigenvalue weighted by molar-refractivity contribution is 0.168. The number of aromatic nitrogens is 3. The van der Waals surface area contributed by atoms with Gasteiger partial charge < -0.3 is 15.4 Å². The smallest absolute Gasteiger partial charge is 0.407 e. The van der Waals surface area contributed by atoms with E-state index in [1.807, 2.05) is 0 Å². The molecule has 1 atom stereocenters. The number of halogens is 2. The largest absolute Gasteiger partial charge is 0.453 e. The molecule has 0 unspecified atom stereocenters. The van der Waals surface area contributed by atoms with Crippen molar-refractivity contribution in [2.75, 3.05) is 29.4 Å². The minimum Gasteiger partial charge on any atom is -0.453 e. The van der Waals surface area contributed by atoms with Gasteiger partial charge in [-0.25, -0.2) is 32.6 Å². The van der Waals surface area contributed by atoms with E-state index in [1.165, 1.54) is 30.6 Å². The predicted octanol–water partition coefficient (Wildman–Crippen LogP) is 5.25. The van der Waals surface area contributed by atoms with Crippen molar-refractivity contribution in [2.24, 2.45) is 0 Å². The van der Waals surface area contributed by atoms with Crippen molar-refractivity contribution in [1.29, 1.82) is 0 Å². The molecule has 1 fully saturated rings. The van der Waals surface area contributed by atoms with E-state index in [0.717, 1.165) is 17.8 Å². The van der Waals surface area contributed by atoms with Crippen molar-refractivity contribution in [3.05, 3.63) is 40.2 Å². The van der Waals surface area contributed by atoms with Crippen LogP contribution in [0.25, 0.3) is 21.8 Å². The van der Waals surface area contributed by atoms with Crippen molar-refractivity contribution in [3.8, 4) is 21.8 Å². The number of benzene rings is 1. The maximum Gasteiger partial charge on any atom is 0.407 e. The van der Waals surface area contributed by atoms with E-state index in [4.69, 9.17) is 16.6 Å². The van der Waals surface area contributed by atoms with Crippen molar-refractivity contribution in [2.45, 2.75) is 45.1 Å². The lowest BCUT2D eigenvalue weighted by Gasteiger charge is -2.14. The zero-order valence-electron chi connectivity index (χ0n) is 21.0. The second-order valence-corrected chi connectivity index (χ2v) is 12.2. The Morgan fingerprint density at radius 1 is 1.32 bits per heavy atom. The van der Waals surface area contributed by atoms with Gasteiger partial charge in [0.2, 0.25) is 16.0 Å². The van der Waals surface area contributed by atoms with E-state index < -0.39 is 21.9 Å². The number of alkyl carbamates (subject to hydrolysis) is 1. The summed E-state index contributed by atoms with van der Waals surface area (Å²) in [6, 6.07) is 4.12. The summed E-state index contributed by atoms with van der Waals surface area (Å²) in [5.41, 5.74) is 0.695. The number of rotatable bonds is 11. The van der Waals surface area contributed by atoms with Crippen molar-refractivity contribution in [1.82, 2.24) is 20.3 Å². The third kappa shape index (κ3) is 6.88. The summed E-state index contributed by atoms with van der Waals surface area (Å²) in [4.78, 5) is 25.6. The fourth-order valence-corrected chi connectivity index (χ4v) is 6.21. The highest BCUT2D eigenvalue weighted by molar-refractivity contribution is 7.92. The molecule has 0 bridgehead atoms. The van der Waals surface area contributed by atoms with Crippen LogP contribution in [0.2, 0.25) is 5.02 Å². The van der Waals surface area contributed by atoms with Gasteiger partial charge in [0.1, 0.15) is 0 Å². The molecule has 14 heteroatoms. The molecule has 10 nitrogen and oxygen atoms in total. The number of nitrogens with zero attached hydrogens (tertiary/aromatic N) is 3. The first-order chi connectivity index (χ1) is 18.1. The van der Waals surface area contributed by atoms with Crippen LogP contribution >= 0.6 is 22.9 Å². The van der Waals surface area contributed by atoms with Gasteiger partial charge in [-0.1, -0.05) is 18.5 Å². The monoisotopic (exact) mass is 582 g/mol. The third-order valence-corrected chi connectivity index (χ3v) is 8.54. The number of thiazole rings is 1. The van der Waals surface area contributed by atoms with Gasteiger partial charge in [0.25, 0.3) is 0 Å². The number of hydrogen-bond donors (Lipinski definition) is 3. The zero-order valence-corrected chi connectivity index (χ0v) is 23.4. The Balaban J connectivity index is 1.69. The van der Waals surface area contributed by atoms with Crippen LogP contribution in [-0.2, 0) is 14.8 Å². The number of methoxy groups -OCH3 is 1. The highest BCUT2D eigenvalue weighted by atomic mass is 35.5. The molecule has 3 N–H and O–H groups in total. The summed E-state index contributed by atoms with van der Waals surface area (Å²) in [6.07, 6.45) is 3.40. The normalized spacial score (nSPS) is 14.1. The van der Waals surface area contributed by atoms with Gasteiger partial charge in [-0.2, -0.15) is 0 Å². The molecule has 1 aliphatic rings. The highest BCUT2D eigenvalue weighted by Gasteiger charge is 2.31. The van der Waals surface area contributed by atoms with Crippen molar-refractivity contribution >= 4 is 50.7 Å². The SMILES string of the molecule is CCCS(=O)(=O)Nc1cc(Cl)cc(-c2nc(C3CC3)sc2-c2ccnc(NC[C@H](C)NC(=O)OC)n2)c1F. The molecule has 0 radical (unpaired) electrons. The minimum atomic E-state index is -3.74. The summed E-state index contributed by atoms with van der Waals surface area (Å²) in [5, 5.41) is 6.74. The molecule has 1 amide bonds. The van der Waals surface area contributed by atoms with Crippen LogP contribution in [0.4, 0.5) is 20.8 Å². The van der Waals surface area contributed by atoms with Gasteiger partial charge in [-0.15, -0.1) is 11.3 Å². The standard InChI is InChI=1S/C24H28ClFN6O4S2/c1-4-9-38(34,35)32-18-11-15(25)10-16(19(18)26)20-21(37-22(31-20)14-5-6-14)17-7-8-27-23(30-17)28-12-13(2)29-24(33)36-3/h7-8,10-11,13-14,32H,4-6,9,12H2,1-3H3,(H,29,33)(H,27,28,30)/t13-/m0/s1. The number of nitrogens with one attached hydrogen (secondary N) is 3. The molecule has 2 heterocycles. The van der Waals surface area contributed by atoms with Crippen molar-refractivity contribution in [3.63, 3.8) is 0 Å². The van der Waals surface area contributed by atoms with E-state index in [0.29, 0.717) is 41.1 Å². The summed E-state index contributed by atoms with van der Waals surface area (Å²) in [6.45, 7) is 3.86. The number of carbonyl (C=O) groups excluding carboxylic acids is 1. The van der Waals surface area contributed by atoms with Crippen LogP contribution in [-0.4, -0.2) is 54.9 Å². The Hall–Kier alpha value is -3.03. The van der Waals surface area contributed by atoms with E-state index in [-0.39, 0.29) is 28.1 Å². The lowest BCUT2D eigenvalue weighted by atomic mass is 10.1. The van der Waals surface area contributed by atoms with Crippen LogP contribution in [0, 0.1) is 5.82 Å². The molecule has 1 aliphatic carbocycles. The molecule has 3 aromatic rings. The van der Waals surface area contributed by atoms with E-state index in [1.54, 1.807) is 26.1 Å². The highest BCUT2D eigenvalue weighted by Crippen LogP contribution is 2.47. The Kier molecular flexibility index (Phi) is 8.68. The lowest BCUT2D eigenvalue weighted by Crippen LogP contribution is -2.37. The summed E-state index contributed by atoms with van der Waals surface area (Å²) in [5.74, 6) is -0.306. The number of ether oxygens (including phenoxy) is 1. The molecule has 204 valence electrons. The topological polar surface area (TPSA) is 135 Å². The van der Waals surface area contributed by atoms with Crippen LogP contribution in [0.3, 0.4) is 0 Å². The van der Waals surface area contributed by atoms with Gasteiger partial charge in [-0.3, -0.25) is 4.72 Å². The first-order valence-corrected chi connectivity index (χ1v) is 14.9. The molecule has 1 aromatic carbocycles. The first-order valence-electron chi connectivity index (χ1n) is 12.0. The number of carbonyl (C=O) groups is 1. The van der Waals surface area contributed by atoms with Crippen LogP contribution in [0.1, 0.15) is 44.0 Å². The quantitative estimate of drug-likeness (QED) is 0.279. The first kappa shape index (κ1) is 28.0. The van der Waals surface area contributed by atoms with Crippen LogP contribution < -0.4 is 15.4 Å². The van der Waals surface area contributed by atoms with Gasteiger partial charge in [-0.05, 0) is 44.4 Å².